The Bertz CT molecular complexity index is 110. The maximum atomic E-state index is 9.85. The van der Waals surface area contributed by atoms with Crippen molar-refractivity contribution < 1.29 is 12.9 Å². The van der Waals surface area contributed by atoms with Crippen molar-refractivity contribution in [1.82, 2.24) is 5.32 Å². The van der Waals surface area contributed by atoms with Gasteiger partial charge in [-0.25, -0.2) is 4.21 Å². The molecule has 0 aromatic heterocycles. The Morgan fingerprint density at radius 1 is 1.55 bits per heavy atom. The molecule has 68 valence electrons. The largest absolute Gasteiger partial charge is 0.750 e. The number of hydrogen-bond acceptors (Lipinski definition) is 4. The SMILES string of the molecule is CCCNCCCOS(=O)[O-]. The van der Waals surface area contributed by atoms with E-state index in [9.17, 15) is 8.76 Å². The fourth-order valence-corrected chi connectivity index (χ4v) is 0.880. The van der Waals surface area contributed by atoms with Gasteiger partial charge >= 0.3 is 0 Å². The summed E-state index contributed by atoms with van der Waals surface area (Å²) in [6, 6.07) is 0. The van der Waals surface area contributed by atoms with Crippen LogP contribution in [0.3, 0.4) is 0 Å². The lowest BCUT2D eigenvalue weighted by molar-refractivity contribution is 0.294. The minimum absolute atomic E-state index is 0.271. The molecular formula is C6H14NO3S-. The third-order valence-corrected chi connectivity index (χ3v) is 1.46. The zero-order valence-electron chi connectivity index (χ0n) is 6.67. The van der Waals surface area contributed by atoms with E-state index >= 15 is 0 Å². The topological polar surface area (TPSA) is 61.4 Å². The maximum Gasteiger partial charge on any atom is 0.0842 e. The quantitative estimate of drug-likeness (QED) is 0.448. The lowest BCUT2D eigenvalue weighted by Crippen LogP contribution is -2.17. The molecule has 0 radical (unpaired) electrons. The van der Waals surface area contributed by atoms with E-state index in [2.05, 4.69) is 16.4 Å². The number of rotatable bonds is 7. The summed E-state index contributed by atoms with van der Waals surface area (Å²) in [5, 5.41) is 3.13. The Labute approximate surface area is 69.8 Å². The van der Waals surface area contributed by atoms with Gasteiger partial charge in [0.15, 0.2) is 0 Å². The van der Waals surface area contributed by atoms with Crippen molar-refractivity contribution in [2.24, 2.45) is 0 Å². The molecule has 0 saturated carbocycles. The van der Waals surface area contributed by atoms with Crippen LogP contribution in [0.2, 0.25) is 0 Å². The van der Waals surface area contributed by atoms with Crippen LogP contribution in [0.15, 0.2) is 0 Å². The van der Waals surface area contributed by atoms with Crippen molar-refractivity contribution in [3.63, 3.8) is 0 Å². The van der Waals surface area contributed by atoms with Gasteiger partial charge in [0.1, 0.15) is 0 Å². The molecule has 5 heteroatoms. The summed E-state index contributed by atoms with van der Waals surface area (Å²) in [5.41, 5.74) is 0. The Kier molecular flexibility index (Phi) is 8.15. The van der Waals surface area contributed by atoms with E-state index in [-0.39, 0.29) is 6.61 Å². The normalized spacial score (nSPS) is 13.3. The molecule has 0 heterocycles. The van der Waals surface area contributed by atoms with Crippen LogP contribution < -0.4 is 5.32 Å². The molecule has 0 bridgehead atoms. The summed E-state index contributed by atoms with van der Waals surface area (Å²) >= 11 is -2.35. The Morgan fingerprint density at radius 3 is 2.82 bits per heavy atom. The molecule has 0 spiro atoms. The molecule has 0 rings (SSSR count). The molecule has 0 aliphatic rings. The lowest BCUT2D eigenvalue weighted by Gasteiger charge is -2.05. The monoisotopic (exact) mass is 180 g/mol. The van der Waals surface area contributed by atoms with E-state index in [1.807, 2.05) is 0 Å². The fourth-order valence-electron chi connectivity index (χ4n) is 0.626. The van der Waals surface area contributed by atoms with Crippen molar-refractivity contribution in [2.45, 2.75) is 19.8 Å². The zero-order chi connectivity index (χ0) is 8.53. The average molecular weight is 180 g/mol. The van der Waals surface area contributed by atoms with Crippen molar-refractivity contribution >= 4 is 11.4 Å². The zero-order valence-corrected chi connectivity index (χ0v) is 7.49. The predicted molar refractivity (Wildman–Crippen MR) is 42.6 cm³/mol. The highest BCUT2D eigenvalue weighted by Gasteiger charge is 1.87. The van der Waals surface area contributed by atoms with Crippen LogP contribution in [0.5, 0.6) is 0 Å². The molecule has 4 nitrogen and oxygen atoms in total. The molecule has 0 saturated heterocycles. The summed E-state index contributed by atoms with van der Waals surface area (Å²) in [7, 11) is 0. The molecule has 1 N–H and O–H groups in total. The van der Waals surface area contributed by atoms with Gasteiger partial charge in [-0.1, -0.05) is 6.92 Å². The Hall–Kier alpha value is 0.0300. The van der Waals surface area contributed by atoms with Crippen molar-refractivity contribution in [1.29, 1.82) is 0 Å². The van der Waals surface area contributed by atoms with Gasteiger partial charge in [0, 0.05) is 0 Å². The van der Waals surface area contributed by atoms with Gasteiger partial charge in [-0.3, -0.25) is 0 Å². The molecule has 0 fully saturated rings. The van der Waals surface area contributed by atoms with Gasteiger partial charge in [0.05, 0.1) is 18.0 Å². The van der Waals surface area contributed by atoms with Crippen molar-refractivity contribution in [3.8, 4) is 0 Å². The molecule has 1 atom stereocenters. The second kappa shape index (κ2) is 8.13. The van der Waals surface area contributed by atoms with Gasteiger partial charge in [-0.2, -0.15) is 0 Å². The molecule has 0 amide bonds. The number of hydrogen-bond donors (Lipinski definition) is 1. The van der Waals surface area contributed by atoms with E-state index in [1.54, 1.807) is 0 Å². The van der Waals surface area contributed by atoms with Crippen LogP contribution in [-0.2, 0) is 15.5 Å². The van der Waals surface area contributed by atoms with E-state index < -0.39 is 11.4 Å². The van der Waals surface area contributed by atoms with E-state index in [1.165, 1.54) is 0 Å². The number of nitrogens with one attached hydrogen (secondary N) is 1. The standard InChI is InChI=1S/C6H15NO3S/c1-2-4-7-5-3-6-10-11(8)9/h7H,2-6H2,1H3,(H,8,9)/p-1. The van der Waals surface area contributed by atoms with Crippen LogP contribution in [0.4, 0.5) is 0 Å². The third-order valence-electron chi connectivity index (χ3n) is 1.10. The highest BCUT2D eigenvalue weighted by atomic mass is 32.2. The van der Waals surface area contributed by atoms with Gasteiger partial charge in [-0.05, 0) is 25.9 Å². The lowest BCUT2D eigenvalue weighted by atomic mass is 10.4. The molecule has 0 aromatic rings. The van der Waals surface area contributed by atoms with Gasteiger partial charge in [0.2, 0.25) is 0 Å². The first-order valence-corrected chi connectivity index (χ1v) is 4.70. The molecule has 11 heavy (non-hydrogen) atoms. The summed E-state index contributed by atoms with van der Waals surface area (Å²) in [5.74, 6) is 0. The third kappa shape index (κ3) is 10.0. The summed E-state index contributed by atoms with van der Waals surface area (Å²) in [6.45, 7) is 4.13. The fraction of sp³-hybridized carbons (Fsp3) is 1.00. The van der Waals surface area contributed by atoms with E-state index in [4.69, 9.17) is 0 Å². The Balaban J connectivity index is 2.85. The molecule has 1 unspecified atom stereocenters. The summed E-state index contributed by atoms with van der Waals surface area (Å²) in [4.78, 5) is 0. The maximum absolute atomic E-state index is 9.85. The van der Waals surface area contributed by atoms with Crippen LogP contribution in [-0.4, -0.2) is 28.5 Å². The summed E-state index contributed by atoms with van der Waals surface area (Å²) < 4.78 is 24.0. The smallest absolute Gasteiger partial charge is 0.0842 e. The average Bonchev–Trinajstić information content (AvgIpc) is 1.96. The van der Waals surface area contributed by atoms with Crippen LogP contribution in [0.1, 0.15) is 19.8 Å². The second-order valence-corrected chi connectivity index (χ2v) is 2.77. The first kappa shape index (κ1) is 11.0. The molecule has 0 aliphatic carbocycles. The molecule has 0 aliphatic heterocycles. The van der Waals surface area contributed by atoms with Crippen LogP contribution in [0, 0.1) is 0 Å². The van der Waals surface area contributed by atoms with E-state index in [0.29, 0.717) is 0 Å². The first-order valence-electron chi connectivity index (χ1n) is 3.70. The minimum atomic E-state index is -2.35. The highest BCUT2D eigenvalue weighted by molar-refractivity contribution is 7.74. The summed E-state index contributed by atoms with van der Waals surface area (Å²) in [6.07, 6.45) is 1.82. The highest BCUT2D eigenvalue weighted by Crippen LogP contribution is 1.83. The molecule has 0 aromatic carbocycles. The second-order valence-electron chi connectivity index (χ2n) is 2.13. The Morgan fingerprint density at radius 2 is 2.27 bits per heavy atom. The molecular weight excluding hydrogens is 166 g/mol. The minimum Gasteiger partial charge on any atom is -0.750 e. The van der Waals surface area contributed by atoms with Crippen molar-refractivity contribution in [2.75, 3.05) is 19.7 Å². The first-order chi connectivity index (χ1) is 5.27. The van der Waals surface area contributed by atoms with Crippen molar-refractivity contribution in [3.05, 3.63) is 0 Å². The predicted octanol–water partition coefficient (Wildman–Crippen LogP) is 0.187. The van der Waals surface area contributed by atoms with Gasteiger partial charge in [0.25, 0.3) is 0 Å². The van der Waals surface area contributed by atoms with Crippen LogP contribution in [0.25, 0.3) is 0 Å². The van der Waals surface area contributed by atoms with Gasteiger partial charge < -0.3 is 14.1 Å². The van der Waals surface area contributed by atoms with Crippen LogP contribution >= 0.6 is 0 Å². The van der Waals surface area contributed by atoms with E-state index in [0.717, 1.165) is 25.9 Å². The van der Waals surface area contributed by atoms with Gasteiger partial charge in [-0.15, -0.1) is 0 Å².